The molecule has 0 saturated heterocycles. The highest BCUT2D eigenvalue weighted by atomic mass is 19.4. The predicted octanol–water partition coefficient (Wildman–Crippen LogP) is 4.43. The molecule has 3 aromatic rings. The summed E-state index contributed by atoms with van der Waals surface area (Å²) in [4.78, 5) is 15.2. The Bertz CT molecular complexity index is 1170. The molecule has 0 amide bonds. The van der Waals surface area contributed by atoms with Gasteiger partial charge in [-0.15, -0.1) is 10.2 Å². The molecule has 0 spiro atoms. The fourth-order valence-electron chi connectivity index (χ4n) is 2.93. The molecule has 0 atom stereocenters. The lowest BCUT2D eigenvalue weighted by atomic mass is 10.0. The van der Waals surface area contributed by atoms with Gasteiger partial charge in [0.15, 0.2) is 5.71 Å². The second-order valence-corrected chi connectivity index (χ2v) is 6.67. The Morgan fingerprint density at radius 1 is 0.971 bits per heavy atom. The van der Waals surface area contributed by atoms with E-state index in [-0.39, 0.29) is 18.2 Å². The molecule has 0 radical (unpaired) electrons. The molecule has 0 aliphatic rings. The monoisotopic (exact) mass is 475 g/mol. The molecule has 0 N–H and O–H groups in total. The Kier molecular flexibility index (Phi) is 7.96. The summed E-state index contributed by atoms with van der Waals surface area (Å²) < 4.78 is 43.8. The highest BCUT2D eigenvalue weighted by Gasteiger charge is 2.30. The Morgan fingerprint density at radius 3 is 2.29 bits per heavy atom. The van der Waals surface area contributed by atoms with Crippen molar-refractivity contribution in [2.75, 3.05) is 14.2 Å². The van der Waals surface area contributed by atoms with Crippen molar-refractivity contribution in [2.45, 2.75) is 19.7 Å². The summed E-state index contributed by atoms with van der Waals surface area (Å²) in [5.74, 6) is 0.158. The van der Waals surface area contributed by atoms with Gasteiger partial charge in [0.2, 0.25) is 6.39 Å². The van der Waals surface area contributed by atoms with E-state index in [2.05, 4.69) is 25.7 Å². The van der Waals surface area contributed by atoms with Crippen LogP contribution < -0.4 is 0 Å². The van der Waals surface area contributed by atoms with Gasteiger partial charge in [-0.25, -0.2) is 0 Å². The lowest BCUT2D eigenvalue weighted by molar-refractivity contribution is -0.137. The third-order valence-electron chi connectivity index (χ3n) is 4.45. The van der Waals surface area contributed by atoms with Crippen LogP contribution in [0.4, 0.5) is 13.2 Å². The molecule has 12 heteroatoms. The van der Waals surface area contributed by atoms with Gasteiger partial charge in [-0.1, -0.05) is 51.9 Å². The lowest BCUT2D eigenvalue weighted by Gasteiger charge is -2.10. The van der Waals surface area contributed by atoms with Crippen LogP contribution in [0.2, 0.25) is 0 Å². The zero-order chi connectivity index (χ0) is 24.6. The number of hydrogen-bond donors (Lipinski definition) is 0. The Hall–Kier alpha value is -4.22. The van der Waals surface area contributed by atoms with Crippen LogP contribution in [-0.2, 0) is 27.3 Å². The topological polar surface area (TPSA) is 104 Å². The molecule has 0 aliphatic heterocycles. The number of hydrogen-bond acceptors (Lipinski definition) is 9. The molecule has 3 rings (SSSR count). The Labute approximate surface area is 192 Å². The van der Waals surface area contributed by atoms with Crippen molar-refractivity contribution in [3.63, 3.8) is 0 Å². The van der Waals surface area contributed by atoms with Crippen molar-refractivity contribution < 1.29 is 32.1 Å². The number of halogens is 3. The largest absolute Gasteiger partial charge is 0.422 e. The van der Waals surface area contributed by atoms with Crippen molar-refractivity contribution in [3.8, 4) is 0 Å². The van der Waals surface area contributed by atoms with Crippen LogP contribution in [0.5, 0.6) is 0 Å². The molecule has 34 heavy (non-hydrogen) atoms. The minimum Gasteiger partial charge on any atom is -0.422 e. The van der Waals surface area contributed by atoms with E-state index in [1.165, 1.54) is 32.7 Å². The molecule has 1 aromatic heterocycles. The van der Waals surface area contributed by atoms with E-state index < -0.39 is 11.7 Å². The minimum atomic E-state index is -4.44. The average molecular weight is 475 g/mol. The first-order chi connectivity index (χ1) is 16.3. The first-order valence-corrected chi connectivity index (χ1v) is 9.76. The van der Waals surface area contributed by atoms with Gasteiger partial charge < -0.3 is 18.9 Å². The van der Waals surface area contributed by atoms with Crippen molar-refractivity contribution >= 4 is 17.1 Å². The van der Waals surface area contributed by atoms with Crippen molar-refractivity contribution in [3.05, 3.63) is 83.1 Å². The van der Waals surface area contributed by atoms with E-state index in [4.69, 9.17) is 18.9 Å². The van der Waals surface area contributed by atoms with E-state index in [0.29, 0.717) is 28.1 Å². The molecule has 0 saturated carbocycles. The molecule has 0 bridgehead atoms. The average Bonchev–Trinajstić information content (AvgIpc) is 3.35. The molecule has 178 valence electrons. The molecule has 2 aromatic carbocycles. The fraction of sp³-hybridized carbons (Fsp3) is 0.227. The maximum atomic E-state index is 12.9. The first-order valence-electron chi connectivity index (χ1n) is 9.76. The third-order valence-corrected chi connectivity index (χ3v) is 4.45. The molecule has 0 fully saturated rings. The lowest BCUT2D eigenvalue weighted by Crippen LogP contribution is -2.14. The summed E-state index contributed by atoms with van der Waals surface area (Å²) >= 11 is 0. The van der Waals surface area contributed by atoms with Crippen LogP contribution >= 0.6 is 0 Å². The SMILES string of the molecule is CON=C(C(C)=NOCc1ccccc1C(=NOC)c1nnco1)c1ccc(C(F)(F)F)cc1. The standard InChI is InChI=1S/C22H20F3N5O4/c1-14(19(29-31-2)15-8-10-17(11-9-15)22(23,24)25)28-34-12-16-6-4-5-7-18(16)20(30-32-3)21-27-26-13-33-21/h4-11,13H,12H2,1-3H3. The van der Waals surface area contributed by atoms with Crippen LogP contribution in [0.1, 0.15) is 35.1 Å². The molecule has 1 heterocycles. The van der Waals surface area contributed by atoms with Crippen LogP contribution in [0.25, 0.3) is 0 Å². The molecular weight excluding hydrogens is 455 g/mol. The van der Waals surface area contributed by atoms with E-state index in [9.17, 15) is 13.2 Å². The predicted molar refractivity (Wildman–Crippen MR) is 116 cm³/mol. The van der Waals surface area contributed by atoms with Crippen LogP contribution in [0.3, 0.4) is 0 Å². The summed E-state index contributed by atoms with van der Waals surface area (Å²) in [6, 6.07) is 11.6. The van der Waals surface area contributed by atoms with Crippen LogP contribution in [0, 0.1) is 0 Å². The molecule has 9 nitrogen and oxygen atoms in total. The molecular formula is C22H20F3N5O4. The van der Waals surface area contributed by atoms with Gasteiger partial charge in [0.05, 0.1) is 5.56 Å². The summed E-state index contributed by atoms with van der Waals surface area (Å²) in [5, 5.41) is 19.4. The third kappa shape index (κ3) is 5.97. The number of alkyl halides is 3. The summed E-state index contributed by atoms with van der Waals surface area (Å²) in [5.41, 5.74) is 1.74. The van der Waals surface area contributed by atoms with Gasteiger partial charge in [-0.05, 0) is 19.1 Å². The first kappa shape index (κ1) is 24.4. The van der Waals surface area contributed by atoms with Crippen molar-refractivity contribution in [2.24, 2.45) is 15.5 Å². The van der Waals surface area contributed by atoms with E-state index in [1.54, 1.807) is 31.2 Å². The van der Waals surface area contributed by atoms with E-state index in [0.717, 1.165) is 12.1 Å². The van der Waals surface area contributed by atoms with Crippen molar-refractivity contribution in [1.29, 1.82) is 0 Å². The number of aromatic nitrogens is 2. The maximum absolute atomic E-state index is 12.9. The quantitative estimate of drug-likeness (QED) is 0.335. The highest BCUT2D eigenvalue weighted by molar-refractivity contribution is 6.47. The zero-order valence-electron chi connectivity index (χ0n) is 18.4. The second-order valence-electron chi connectivity index (χ2n) is 6.67. The van der Waals surface area contributed by atoms with Gasteiger partial charge in [-0.2, -0.15) is 13.2 Å². The molecule has 0 unspecified atom stereocenters. The Balaban J connectivity index is 1.81. The van der Waals surface area contributed by atoms with E-state index in [1.807, 2.05) is 0 Å². The van der Waals surface area contributed by atoms with Crippen molar-refractivity contribution in [1.82, 2.24) is 10.2 Å². The van der Waals surface area contributed by atoms with Gasteiger partial charge in [0.1, 0.15) is 32.2 Å². The highest BCUT2D eigenvalue weighted by Crippen LogP contribution is 2.29. The Morgan fingerprint density at radius 2 is 1.68 bits per heavy atom. The summed E-state index contributed by atoms with van der Waals surface area (Å²) in [7, 11) is 2.71. The van der Waals surface area contributed by atoms with Crippen LogP contribution in [0.15, 0.2) is 74.8 Å². The maximum Gasteiger partial charge on any atom is 0.416 e. The zero-order valence-corrected chi connectivity index (χ0v) is 18.4. The van der Waals surface area contributed by atoms with Gasteiger partial charge in [-0.3, -0.25) is 0 Å². The summed E-state index contributed by atoms with van der Waals surface area (Å²) in [6.07, 6.45) is -3.27. The minimum absolute atomic E-state index is 0.0255. The number of nitrogens with zero attached hydrogens (tertiary/aromatic N) is 5. The summed E-state index contributed by atoms with van der Waals surface area (Å²) in [6.45, 7) is 1.62. The van der Waals surface area contributed by atoms with E-state index >= 15 is 0 Å². The number of benzene rings is 2. The normalized spacial score (nSPS) is 13.1. The number of rotatable bonds is 9. The number of oxime groups is 3. The fourth-order valence-corrected chi connectivity index (χ4v) is 2.93. The molecule has 0 aliphatic carbocycles. The second kappa shape index (κ2) is 11.1. The van der Waals surface area contributed by atoms with Gasteiger partial charge >= 0.3 is 6.18 Å². The van der Waals surface area contributed by atoms with Gasteiger partial charge in [0, 0.05) is 16.7 Å². The van der Waals surface area contributed by atoms with Gasteiger partial charge in [0.25, 0.3) is 5.89 Å². The smallest absolute Gasteiger partial charge is 0.416 e. The van der Waals surface area contributed by atoms with Crippen LogP contribution in [-0.4, -0.2) is 41.6 Å².